The molecule has 0 saturated carbocycles. The van der Waals surface area contributed by atoms with Crippen LogP contribution in [0.2, 0.25) is 0 Å². The Hall–Kier alpha value is -4.59. The second kappa shape index (κ2) is 8.51. The van der Waals surface area contributed by atoms with Gasteiger partial charge in [-0.05, 0) is 36.8 Å². The second-order valence-electron chi connectivity index (χ2n) is 7.52. The molecule has 3 aromatic heterocycles. The van der Waals surface area contributed by atoms with Crippen LogP contribution in [-0.4, -0.2) is 25.6 Å². The molecule has 1 amide bonds. The third-order valence-corrected chi connectivity index (χ3v) is 5.33. The fourth-order valence-electron chi connectivity index (χ4n) is 3.67. The largest absolute Gasteiger partial charge is 0.334 e. The summed E-state index contributed by atoms with van der Waals surface area (Å²) in [5, 5.41) is 7.64. The first-order valence-electron chi connectivity index (χ1n) is 10.3. The average Bonchev–Trinajstić information content (AvgIpc) is 3.33. The van der Waals surface area contributed by atoms with Gasteiger partial charge < -0.3 is 9.84 Å². The van der Waals surface area contributed by atoms with E-state index in [1.807, 2.05) is 49.4 Å². The number of para-hydroxylation sites is 2. The molecule has 8 heteroatoms. The van der Waals surface area contributed by atoms with Crippen molar-refractivity contribution in [1.82, 2.24) is 19.7 Å². The van der Waals surface area contributed by atoms with E-state index in [0.29, 0.717) is 22.6 Å². The van der Waals surface area contributed by atoms with E-state index in [0.717, 1.165) is 16.5 Å². The summed E-state index contributed by atoms with van der Waals surface area (Å²) in [6.07, 6.45) is 3.29. The van der Waals surface area contributed by atoms with Crippen molar-refractivity contribution >= 4 is 22.5 Å². The molecule has 0 unspecified atom stereocenters. The third-order valence-electron chi connectivity index (χ3n) is 5.33. The average molecular weight is 437 g/mol. The van der Waals surface area contributed by atoms with E-state index in [9.17, 15) is 9.59 Å². The summed E-state index contributed by atoms with van der Waals surface area (Å²) in [5.74, 6) is 0.340. The van der Waals surface area contributed by atoms with Crippen LogP contribution in [0.1, 0.15) is 5.56 Å². The summed E-state index contributed by atoms with van der Waals surface area (Å²) in [5.41, 5.74) is 3.19. The van der Waals surface area contributed by atoms with Gasteiger partial charge in [0, 0.05) is 35.1 Å². The molecule has 3 heterocycles. The van der Waals surface area contributed by atoms with E-state index in [1.165, 1.54) is 10.6 Å². The third kappa shape index (κ3) is 4.01. The predicted octanol–water partition coefficient (Wildman–Crippen LogP) is 4.06. The fraction of sp³-hybridized carbons (Fsp3) is 0.0800. The van der Waals surface area contributed by atoms with Crippen LogP contribution in [0.4, 0.5) is 5.69 Å². The summed E-state index contributed by atoms with van der Waals surface area (Å²) in [6.45, 7) is 1.79. The lowest BCUT2D eigenvalue weighted by Crippen LogP contribution is -2.28. The van der Waals surface area contributed by atoms with Gasteiger partial charge in [-0.2, -0.15) is 4.98 Å². The predicted molar refractivity (Wildman–Crippen MR) is 125 cm³/mol. The Morgan fingerprint density at radius 3 is 2.61 bits per heavy atom. The highest BCUT2D eigenvalue weighted by molar-refractivity contribution is 5.95. The molecule has 0 aliphatic carbocycles. The van der Waals surface area contributed by atoms with Crippen LogP contribution < -0.4 is 10.9 Å². The number of aromatic nitrogens is 4. The van der Waals surface area contributed by atoms with E-state index >= 15 is 0 Å². The number of rotatable bonds is 5. The zero-order valence-electron chi connectivity index (χ0n) is 17.7. The molecule has 8 nitrogen and oxygen atoms in total. The van der Waals surface area contributed by atoms with Crippen molar-refractivity contribution in [2.45, 2.75) is 13.5 Å². The van der Waals surface area contributed by atoms with Gasteiger partial charge in [-0.25, -0.2) is 0 Å². The number of nitrogens with one attached hydrogen (secondary N) is 1. The molecule has 5 rings (SSSR count). The number of fused-ring (bicyclic) bond motifs is 1. The highest BCUT2D eigenvalue weighted by Gasteiger charge is 2.18. The summed E-state index contributed by atoms with van der Waals surface area (Å²) < 4.78 is 6.91. The molecule has 2 aromatic carbocycles. The molecule has 0 aliphatic heterocycles. The van der Waals surface area contributed by atoms with Gasteiger partial charge in [-0.15, -0.1) is 0 Å². The molecule has 0 bridgehead atoms. The fourth-order valence-corrected chi connectivity index (χ4v) is 3.67. The minimum absolute atomic E-state index is 0.125. The Kier molecular flexibility index (Phi) is 5.24. The second-order valence-corrected chi connectivity index (χ2v) is 7.52. The van der Waals surface area contributed by atoms with Gasteiger partial charge >= 0.3 is 0 Å². The normalized spacial score (nSPS) is 10.9. The maximum atomic E-state index is 13.0. The van der Waals surface area contributed by atoms with Gasteiger partial charge in [0.1, 0.15) is 6.54 Å². The van der Waals surface area contributed by atoms with Crippen molar-refractivity contribution in [3.8, 4) is 22.8 Å². The number of carbonyl (C=O) groups is 1. The number of amides is 1. The van der Waals surface area contributed by atoms with Crippen LogP contribution in [0.25, 0.3) is 33.7 Å². The number of aryl methyl sites for hydroxylation is 1. The topological polar surface area (TPSA) is 103 Å². The SMILES string of the molecule is Cc1ccccc1NC(=O)Cn1c(=O)cc(-c2nc(-c3ccncc3)no2)c2ccccc21. The van der Waals surface area contributed by atoms with Crippen LogP contribution in [0, 0.1) is 6.92 Å². The number of pyridine rings is 2. The van der Waals surface area contributed by atoms with Crippen molar-refractivity contribution in [3.05, 3.63) is 95.0 Å². The van der Waals surface area contributed by atoms with E-state index in [-0.39, 0.29) is 23.9 Å². The molecule has 33 heavy (non-hydrogen) atoms. The molecule has 162 valence electrons. The molecule has 0 aliphatic rings. The zero-order chi connectivity index (χ0) is 22.8. The van der Waals surface area contributed by atoms with E-state index < -0.39 is 0 Å². The Bertz CT molecular complexity index is 1520. The molecule has 0 radical (unpaired) electrons. The highest BCUT2D eigenvalue weighted by atomic mass is 16.5. The smallest absolute Gasteiger partial charge is 0.259 e. The Balaban J connectivity index is 1.52. The molecule has 5 aromatic rings. The van der Waals surface area contributed by atoms with Gasteiger partial charge in [0.05, 0.1) is 11.1 Å². The maximum Gasteiger partial charge on any atom is 0.259 e. The summed E-state index contributed by atoms with van der Waals surface area (Å²) >= 11 is 0. The maximum absolute atomic E-state index is 13.0. The van der Waals surface area contributed by atoms with Crippen LogP contribution in [-0.2, 0) is 11.3 Å². The molecule has 0 fully saturated rings. The van der Waals surface area contributed by atoms with Gasteiger partial charge in [-0.1, -0.05) is 41.6 Å². The van der Waals surface area contributed by atoms with Crippen LogP contribution in [0.15, 0.2) is 88.4 Å². The van der Waals surface area contributed by atoms with Crippen molar-refractivity contribution in [2.24, 2.45) is 0 Å². The number of hydrogen-bond acceptors (Lipinski definition) is 6. The lowest BCUT2D eigenvalue weighted by Gasteiger charge is -2.13. The molecular weight excluding hydrogens is 418 g/mol. The number of hydrogen-bond donors (Lipinski definition) is 1. The zero-order valence-corrected chi connectivity index (χ0v) is 17.7. The van der Waals surface area contributed by atoms with Gasteiger partial charge in [0.2, 0.25) is 11.7 Å². The standard InChI is InChI=1S/C25H19N5O3/c1-16-6-2-4-8-20(16)27-22(31)15-30-21-9-5-3-7-18(21)19(14-23(30)32)25-28-24(29-33-25)17-10-12-26-13-11-17/h2-14H,15H2,1H3,(H,27,31). The number of carbonyl (C=O) groups excluding carboxylic acids is 1. The first-order valence-corrected chi connectivity index (χ1v) is 10.3. The van der Waals surface area contributed by atoms with Crippen LogP contribution in [0.5, 0.6) is 0 Å². The summed E-state index contributed by atoms with van der Waals surface area (Å²) in [6, 6.07) is 19.8. The van der Waals surface area contributed by atoms with Gasteiger partial charge in [0.25, 0.3) is 11.4 Å². The van der Waals surface area contributed by atoms with Gasteiger partial charge in [0.15, 0.2) is 0 Å². The number of benzene rings is 2. The molecule has 0 atom stereocenters. The van der Waals surface area contributed by atoms with E-state index in [2.05, 4.69) is 20.4 Å². The van der Waals surface area contributed by atoms with Crippen molar-refractivity contribution in [3.63, 3.8) is 0 Å². The van der Waals surface area contributed by atoms with Crippen LogP contribution >= 0.6 is 0 Å². The molecule has 1 N–H and O–H groups in total. The lowest BCUT2D eigenvalue weighted by atomic mass is 10.1. The molecule has 0 spiro atoms. The van der Waals surface area contributed by atoms with Gasteiger partial charge in [-0.3, -0.25) is 19.1 Å². The minimum Gasteiger partial charge on any atom is -0.334 e. The summed E-state index contributed by atoms with van der Waals surface area (Å²) in [7, 11) is 0. The lowest BCUT2D eigenvalue weighted by molar-refractivity contribution is -0.116. The van der Waals surface area contributed by atoms with Crippen molar-refractivity contribution < 1.29 is 9.32 Å². The number of nitrogens with zero attached hydrogens (tertiary/aromatic N) is 4. The van der Waals surface area contributed by atoms with Crippen LogP contribution in [0.3, 0.4) is 0 Å². The molecule has 0 saturated heterocycles. The number of anilines is 1. The first kappa shape index (κ1) is 20.3. The van der Waals surface area contributed by atoms with Crippen molar-refractivity contribution in [2.75, 3.05) is 5.32 Å². The molecular formula is C25H19N5O3. The Labute approximate surface area is 188 Å². The first-order chi connectivity index (χ1) is 16.1. The van der Waals surface area contributed by atoms with Crippen molar-refractivity contribution in [1.29, 1.82) is 0 Å². The Morgan fingerprint density at radius 1 is 1.03 bits per heavy atom. The van der Waals surface area contributed by atoms with E-state index in [4.69, 9.17) is 4.52 Å². The monoisotopic (exact) mass is 437 g/mol. The highest BCUT2D eigenvalue weighted by Crippen LogP contribution is 2.28. The summed E-state index contributed by atoms with van der Waals surface area (Å²) in [4.78, 5) is 34.2. The Morgan fingerprint density at radius 2 is 1.79 bits per heavy atom. The quantitative estimate of drug-likeness (QED) is 0.445. The van der Waals surface area contributed by atoms with E-state index in [1.54, 1.807) is 30.6 Å². The minimum atomic E-state index is -0.340.